The summed E-state index contributed by atoms with van der Waals surface area (Å²) in [7, 11) is 1.62. The molecule has 190 valence electrons. The molecule has 6 heteroatoms. The highest BCUT2D eigenvalue weighted by Crippen LogP contribution is 2.23. The fourth-order valence-corrected chi connectivity index (χ4v) is 4.62. The molecule has 0 saturated heterocycles. The predicted molar refractivity (Wildman–Crippen MR) is 147 cm³/mol. The van der Waals surface area contributed by atoms with E-state index in [1.807, 2.05) is 107 Å². The lowest BCUT2D eigenvalue weighted by Crippen LogP contribution is -2.54. The van der Waals surface area contributed by atoms with Crippen LogP contribution in [0, 0.1) is 6.92 Å². The maximum atomic E-state index is 13.7. The second kappa shape index (κ2) is 12.6. The SMILES string of the molecule is COc1cccc(CN(C(=O)CSc2ccc(C)cc2)C(Cc2ccccc2)C(=O)NC(C)(C)C)c1. The first-order chi connectivity index (χ1) is 17.1. The van der Waals surface area contributed by atoms with E-state index in [0.717, 1.165) is 16.0 Å². The monoisotopic (exact) mass is 504 g/mol. The van der Waals surface area contributed by atoms with Crippen LogP contribution in [0.5, 0.6) is 5.75 Å². The normalized spacial score (nSPS) is 12.0. The zero-order valence-electron chi connectivity index (χ0n) is 21.8. The first-order valence-corrected chi connectivity index (χ1v) is 13.1. The maximum Gasteiger partial charge on any atom is 0.243 e. The van der Waals surface area contributed by atoms with Crippen molar-refractivity contribution in [1.82, 2.24) is 10.2 Å². The van der Waals surface area contributed by atoms with Gasteiger partial charge in [0.25, 0.3) is 0 Å². The minimum absolute atomic E-state index is 0.0895. The number of carbonyl (C=O) groups excluding carboxylic acids is 2. The highest BCUT2D eigenvalue weighted by molar-refractivity contribution is 8.00. The quantitative estimate of drug-likeness (QED) is 0.363. The first kappa shape index (κ1) is 27.3. The van der Waals surface area contributed by atoms with E-state index < -0.39 is 11.6 Å². The van der Waals surface area contributed by atoms with E-state index in [-0.39, 0.29) is 17.6 Å². The molecule has 0 aromatic heterocycles. The summed E-state index contributed by atoms with van der Waals surface area (Å²) >= 11 is 1.48. The van der Waals surface area contributed by atoms with Gasteiger partial charge in [0.2, 0.25) is 11.8 Å². The van der Waals surface area contributed by atoms with Crippen LogP contribution in [-0.2, 0) is 22.6 Å². The van der Waals surface area contributed by atoms with Gasteiger partial charge in [-0.25, -0.2) is 0 Å². The molecule has 3 rings (SSSR count). The molecule has 3 aromatic rings. The number of hydrogen-bond donors (Lipinski definition) is 1. The Morgan fingerprint density at radius 1 is 0.944 bits per heavy atom. The molecule has 0 aliphatic rings. The Morgan fingerprint density at radius 3 is 2.25 bits per heavy atom. The predicted octanol–water partition coefficient (Wildman–Crippen LogP) is 5.65. The van der Waals surface area contributed by atoms with Gasteiger partial charge in [0.15, 0.2) is 0 Å². The third-order valence-electron chi connectivity index (χ3n) is 5.64. The molecule has 0 spiro atoms. The van der Waals surface area contributed by atoms with Crippen molar-refractivity contribution in [3.63, 3.8) is 0 Å². The van der Waals surface area contributed by atoms with Crippen LogP contribution in [0.2, 0.25) is 0 Å². The average molecular weight is 505 g/mol. The zero-order chi connectivity index (χ0) is 26.1. The maximum absolute atomic E-state index is 13.7. The molecule has 1 unspecified atom stereocenters. The molecule has 0 bridgehead atoms. The number of amides is 2. The van der Waals surface area contributed by atoms with Gasteiger partial charge in [0, 0.05) is 23.4 Å². The topological polar surface area (TPSA) is 58.6 Å². The van der Waals surface area contributed by atoms with Crippen LogP contribution in [0.25, 0.3) is 0 Å². The van der Waals surface area contributed by atoms with Crippen molar-refractivity contribution < 1.29 is 14.3 Å². The van der Waals surface area contributed by atoms with E-state index >= 15 is 0 Å². The number of rotatable bonds is 10. The third kappa shape index (κ3) is 8.45. The lowest BCUT2D eigenvalue weighted by molar-refractivity contribution is -0.140. The Labute approximate surface area is 219 Å². The van der Waals surface area contributed by atoms with E-state index in [1.54, 1.807) is 12.0 Å². The summed E-state index contributed by atoms with van der Waals surface area (Å²) in [5.74, 6) is 0.699. The Morgan fingerprint density at radius 2 is 1.61 bits per heavy atom. The number of ether oxygens (including phenoxy) is 1. The minimum atomic E-state index is -0.663. The van der Waals surface area contributed by atoms with Crippen LogP contribution >= 0.6 is 11.8 Å². The van der Waals surface area contributed by atoms with Crippen LogP contribution in [0.1, 0.15) is 37.5 Å². The molecule has 5 nitrogen and oxygen atoms in total. The van der Waals surface area contributed by atoms with Gasteiger partial charge >= 0.3 is 0 Å². The summed E-state index contributed by atoms with van der Waals surface area (Å²) in [5, 5.41) is 3.10. The molecule has 0 heterocycles. The number of nitrogens with one attached hydrogen (secondary N) is 1. The van der Waals surface area contributed by atoms with E-state index in [2.05, 4.69) is 5.32 Å². The Balaban J connectivity index is 1.93. The number of nitrogens with zero attached hydrogens (tertiary/aromatic N) is 1. The molecule has 0 fully saturated rings. The molecule has 0 radical (unpaired) electrons. The fourth-order valence-electron chi connectivity index (χ4n) is 3.84. The van der Waals surface area contributed by atoms with Gasteiger partial charge in [-0.2, -0.15) is 0 Å². The summed E-state index contributed by atoms with van der Waals surface area (Å²) in [6, 6.07) is 24.9. The Kier molecular flexibility index (Phi) is 9.59. The number of methoxy groups -OCH3 is 1. The fraction of sp³-hybridized carbons (Fsp3) is 0.333. The van der Waals surface area contributed by atoms with Crippen molar-refractivity contribution in [3.05, 3.63) is 95.6 Å². The number of thioether (sulfide) groups is 1. The van der Waals surface area contributed by atoms with E-state index in [9.17, 15) is 9.59 Å². The van der Waals surface area contributed by atoms with Crippen molar-refractivity contribution in [1.29, 1.82) is 0 Å². The smallest absolute Gasteiger partial charge is 0.243 e. The van der Waals surface area contributed by atoms with Gasteiger partial charge in [0.1, 0.15) is 11.8 Å². The lowest BCUT2D eigenvalue weighted by atomic mass is 10.0. The van der Waals surface area contributed by atoms with Gasteiger partial charge in [-0.15, -0.1) is 11.8 Å². The van der Waals surface area contributed by atoms with E-state index in [4.69, 9.17) is 4.74 Å². The number of benzene rings is 3. The highest BCUT2D eigenvalue weighted by atomic mass is 32.2. The molecule has 0 saturated carbocycles. The molecule has 1 atom stereocenters. The summed E-state index contributed by atoms with van der Waals surface area (Å²) in [6.45, 7) is 8.20. The van der Waals surface area contributed by atoms with Crippen molar-refractivity contribution >= 4 is 23.6 Å². The van der Waals surface area contributed by atoms with Gasteiger partial charge in [0.05, 0.1) is 12.9 Å². The molecule has 1 N–H and O–H groups in total. The van der Waals surface area contributed by atoms with Crippen LogP contribution in [0.3, 0.4) is 0 Å². The van der Waals surface area contributed by atoms with Crippen LogP contribution < -0.4 is 10.1 Å². The minimum Gasteiger partial charge on any atom is -0.497 e. The number of aryl methyl sites for hydroxylation is 1. The molecule has 36 heavy (non-hydrogen) atoms. The molecule has 2 amide bonds. The largest absolute Gasteiger partial charge is 0.497 e. The van der Waals surface area contributed by atoms with Crippen molar-refractivity contribution in [2.45, 2.75) is 57.1 Å². The second-order valence-electron chi connectivity index (χ2n) is 9.92. The van der Waals surface area contributed by atoms with Crippen molar-refractivity contribution in [3.8, 4) is 5.75 Å². The van der Waals surface area contributed by atoms with Crippen LogP contribution in [0.15, 0.2) is 83.8 Å². The van der Waals surface area contributed by atoms with Gasteiger partial charge in [-0.05, 0) is 63.1 Å². The molecule has 3 aromatic carbocycles. The van der Waals surface area contributed by atoms with Crippen LogP contribution in [-0.4, -0.2) is 41.2 Å². The van der Waals surface area contributed by atoms with Gasteiger partial charge < -0.3 is 15.0 Å². The summed E-state index contributed by atoms with van der Waals surface area (Å²) in [5.41, 5.74) is 2.66. The zero-order valence-corrected chi connectivity index (χ0v) is 22.6. The van der Waals surface area contributed by atoms with Gasteiger partial charge in [-0.3, -0.25) is 9.59 Å². The number of carbonyl (C=O) groups is 2. The Hall–Kier alpha value is -3.25. The van der Waals surface area contributed by atoms with Crippen molar-refractivity contribution in [2.24, 2.45) is 0 Å². The first-order valence-electron chi connectivity index (χ1n) is 12.1. The van der Waals surface area contributed by atoms with Crippen LogP contribution in [0.4, 0.5) is 0 Å². The summed E-state index contributed by atoms with van der Waals surface area (Å²) in [4.78, 5) is 30.1. The van der Waals surface area contributed by atoms with E-state index in [1.165, 1.54) is 17.3 Å². The molecular formula is C30H36N2O3S. The van der Waals surface area contributed by atoms with Gasteiger partial charge in [-0.1, -0.05) is 60.2 Å². The van der Waals surface area contributed by atoms with Crippen molar-refractivity contribution in [2.75, 3.05) is 12.9 Å². The molecule has 0 aliphatic heterocycles. The third-order valence-corrected chi connectivity index (χ3v) is 6.64. The lowest BCUT2D eigenvalue weighted by Gasteiger charge is -2.34. The molecule has 0 aliphatic carbocycles. The summed E-state index contributed by atoms with van der Waals surface area (Å²) < 4.78 is 5.39. The number of hydrogen-bond acceptors (Lipinski definition) is 4. The molecular weight excluding hydrogens is 468 g/mol. The second-order valence-corrected chi connectivity index (χ2v) is 11.0. The summed E-state index contributed by atoms with van der Waals surface area (Å²) in [6.07, 6.45) is 0.424. The Bertz CT molecular complexity index is 1140. The standard InChI is InChI=1S/C30H36N2O3S/c1-22-14-16-26(17-15-22)36-21-28(33)32(20-24-12-9-13-25(18-24)35-5)27(29(34)31-30(2,3)4)19-23-10-7-6-8-11-23/h6-18,27H,19-21H2,1-5H3,(H,31,34). The highest BCUT2D eigenvalue weighted by Gasteiger charge is 2.32. The van der Waals surface area contributed by atoms with E-state index in [0.29, 0.717) is 18.7 Å². The average Bonchev–Trinajstić information content (AvgIpc) is 2.85.